The molecule has 1 heterocycles. The summed E-state index contributed by atoms with van der Waals surface area (Å²) in [6.45, 7) is 5.56. The molecule has 1 saturated heterocycles. The molecule has 0 saturated carbocycles. The summed E-state index contributed by atoms with van der Waals surface area (Å²) in [7, 11) is 0. The van der Waals surface area contributed by atoms with Gasteiger partial charge in [-0.3, -0.25) is 15.0 Å². The van der Waals surface area contributed by atoms with E-state index >= 15 is 0 Å². The first-order valence-electron chi connectivity index (χ1n) is 7.02. The number of nitrogens with zero attached hydrogens (tertiary/aromatic N) is 2. The molecule has 0 amide bonds. The Morgan fingerprint density at radius 3 is 3.00 bits per heavy atom. The summed E-state index contributed by atoms with van der Waals surface area (Å²) >= 11 is 1.99. The molecule has 1 fully saturated rings. The van der Waals surface area contributed by atoms with Crippen molar-refractivity contribution in [3.63, 3.8) is 0 Å². The van der Waals surface area contributed by atoms with Gasteiger partial charge in [-0.1, -0.05) is 6.07 Å². The lowest BCUT2D eigenvalue weighted by Crippen LogP contribution is -2.25. The van der Waals surface area contributed by atoms with E-state index in [4.69, 9.17) is 0 Å². The van der Waals surface area contributed by atoms with Crippen LogP contribution in [0.25, 0.3) is 0 Å². The third-order valence-corrected chi connectivity index (χ3v) is 4.40. The second kappa shape index (κ2) is 7.50. The van der Waals surface area contributed by atoms with Crippen LogP contribution in [0.1, 0.15) is 18.9 Å². The maximum atomic E-state index is 11.1. The Morgan fingerprint density at radius 2 is 2.25 bits per heavy atom. The predicted molar refractivity (Wildman–Crippen MR) is 84.5 cm³/mol. The zero-order valence-electron chi connectivity index (χ0n) is 11.8. The minimum Gasteiger partial charge on any atom is -0.380 e. The Bertz CT molecular complexity index is 460. The van der Waals surface area contributed by atoms with E-state index in [-0.39, 0.29) is 10.6 Å². The molecule has 0 spiro atoms. The number of hydrogen-bond acceptors (Lipinski definition) is 5. The molecule has 0 aliphatic carbocycles. The molecule has 110 valence electrons. The van der Waals surface area contributed by atoms with E-state index in [1.54, 1.807) is 6.07 Å². The summed E-state index contributed by atoms with van der Waals surface area (Å²) in [5.41, 5.74) is 1.80. The maximum Gasteiger partial charge on any atom is 0.292 e. The average molecular weight is 295 g/mol. The monoisotopic (exact) mass is 295 g/mol. The fraction of sp³-hybridized carbons (Fsp3) is 0.571. The van der Waals surface area contributed by atoms with Crippen molar-refractivity contribution in [2.45, 2.75) is 19.9 Å². The van der Waals surface area contributed by atoms with Crippen LogP contribution in [0, 0.1) is 10.1 Å². The van der Waals surface area contributed by atoms with Crippen molar-refractivity contribution in [3.8, 4) is 0 Å². The first kappa shape index (κ1) is 15.1. The topological polar surface area (TPSA) is 58.4 Å². The number of hydrogen-bond donors (Lipinski definition) is 1. The molecule has 20 heavy (non-hydrogen) atoms. The number of nitro groups is 1. The number of anilines is 1. The van der Waals surface area contributed by atoms with Crippen molar-refractivity contribution in [1.82, 2.24) is 4.90 Å². The van der Waals surface area contributed by atoms with Crippen molar-refractivity contribution in [1.29, 1.82) is 0 Å². The van der Waals surface area contributed by atoms with E-state index in [0.717, 1.165) is 31.0 Å². The van der Waals surface area contributed by atoms with Crippen LogP contribution in [0.15, 0.2) is 18.2 Å². The molecule has 1 aliphatic rings. The van der Waals surface area contributed by atoms with E-state index in [2.05, 4.69) is 10.2 Å². The molecule has 6 heteroatoms. The molecule has 5 nitrogen and oxygen atoms in total. The molecule has 1 N–H and O–H groups in total. The summed E-state index contributed by atoms with van der Waals surface area (Å²) in [6.07, 6.45) is 1.20. The van der Waals surface area contributed by atoms with Gasteiger partial charge in [0.1, 0.15) is 5.69 Å². The summed E-state index contributed by atoms with van der Waals surface area (Å²) in [6, 6.07) is 5.52. The summed E-state index contributed by atoms with van der Waals surface area (Å²) in [5.74, 6) is 2.37. The van der Waals surface area contributed by atoms with Crippen molar-refractivity contribution in [3.05, 3.63) is 33.9 Å². The van der Waals surface area contributed by atoms with Crippen LogP contribution in [-0.4, -0.2) is 41.0 Å². The number of thioether (sulfide) groups is 1. The Balaban J connectivity index is 2.11. The minimum absolute atomic E-state index is 0.175. The normalized spacial score (nSPS) is 16.6. The highest BCUT2D eigenvalue weighted by Gasteiger charge is 2.16. The minimum atomic E-state index is -0.306. The van der Waals surface area contributed by atoms with Crippen LogP contribution < -0.4 is 5.32 Å². The quantitative estimate of drug-likeness (QED) is 0.668. The zero-order chi connectivity index (χ0) is 14.4. The molecular weight excluding hydrogens is 274 g/mol. The van der Waals surface area contributed by atoms with Gasteiger partial charge in [-0.25, -0.2) is 0 Å². The van der Waals surface area contributed by atoms with Gasteiger partial charge >= 0.3 is 0 Å². The van der Waals surface area contributed by atoms with Gasteiger partial charge in [0.2, 0.25) is 0 Å². The van der Waals surface area contributed by atoms with Gasteiger partial charge in [0.05, 0.1) is 4.92 Å². The van der Waals surface area contributed by atoms with E-state index in [1.165, 1.54) is 12.2 Å². The van der Waals surface area contributed by atoms with Gasteiger partial charge < -0.3 is 5.32 Å². The van der Waals surface area contributed by atoms with Gasteiger partial charge in [0.25, 0.3) is 5.69 Å². The first-order chi connectivity index (χ1) is 9.70. The SMILES string of the molecule is CCNc1ccc(CN2CCCSCC2)cc1[N+](=O)[O-]. The molecule has 1 aliphatic heterocycles. The van der Waals surface area contributed by atoms with Crippen molar-refractivity contribution < 1.29 is 4.92 Å². The number of benzene rings is 1. The summed E-state index contributed by atoms with van der Waals surface area (Å²) in [4.78, 5) is 13.2. The highest BCUT2D eigenvalue weighted by atomic mass is 32.2. The zero-order valence-corrected chi connectivity index (χ0v) is 12.6. The van der Waals surface area contributed by atoms with Gasteiger partial charge in [-0.05, 0) is 37.3 Å². The van der Waals surface area contributed by atoms with E-state index in [1.807, 2.05) is 30.8 Å². The fourth-order valence-corrected chi connectivity index (χ4v) is 3.31. The predicted octanol–water partition coefficient (Wildman–Crippen LogP) is 2.97. The highest BCUT2D eigenvalue weighted by Crippen LogP contribution is 2.26. The Hall–Kier alpha value is -1.27. The van der Waals surface area contributed by atoms with E-state index in [0.29, 0.717) is 12.2 Å². The molecule has 0 unspecified atom stereocenters. The molecule has 0 bridgehead atoms. The Labute approximate surface area is 123 Å². The smallest absolute Gasteiger partial charge is 0.292 e. The third-order valence-electron chi connectivity index (χ3n) is 3.35. The van der Waals surface area contributed by atoms with Crippen LogP contribution in [0.4, 0.5) is 11.4 Å². The summed E-state index contributed by atoms with van der Waals surface area (Å²) in [5, 5.41) is 14.2. The molecule has 0 aromatic heterocycles. The van der Waals surface area contributed by atoms with Crippen LogP contribution in [0.5, 0.6) is 0 Å². The third kappa shape index (κ3) is 4.11. The van der Waals surface area contributed by atoms with Crippen LogP contribution in [0.3, 0.4) is 0 Å². The van der Waals surface area contributed by atoms with Crippen LogP contribution in [0.2, 0.25) is 0 Å². The van der Waals surface area contributed by atoms with Gasteiger partial charge in [0.15, 0.2) is 0 Å². The van der Waals surface area contributed by atoms with Crippen molar-refractivity contribution in [2.24, 2.45) is 0 Å². The number of nitro benzene ring substituents is 1. The van der Waals surface area contributed by atoms with Gasteiger partial charge in [0, 0.05) is 31.5 Å². The fourth-order valence-electron chi connectivity index (χ4n) is 2.38. The van der Waals surface area contributed by atoms with Gasteiger partial charge in [-0.15, -0.1) is 0 Å². The van der Waals surface area contributed by atoms with Gasteiger partial charge in [-0.2, -0.15) is 11.8 Å². The molecular formula is C14H21N3O2S. The second-order valence-electron chi connectivity index (χ2n) is 4.88. The molecule has 0 radical (unpaired) electrons. The number of nitrogens with one attached hydrogen (secondary N) is 1. The lowest BCUT2D eigenvalue weighted by atomic mass is 10.1. The van der Waals surface area contributed by atoms with Crippen molar-refractivity contribution >= 4 is 23.1 Å². The molecule has 1 aromatic rings. The van der Waals surface area contributed by atoms with Crippen molar-refractivity contribution in [2.75, 3.05) is 36.5 Å². The summed E-state index contributed by atoms with van der Waals surface area (Å²) < 4.78 is 0. The average Bonchev–Trinajstić information content (AvgIpc) is 2.69. The largest absolute Gasteiger partial charge is 0.380 e. The molecule has 1 aromatic carbocycles. The second-order valence-corrected chi connectivity index (χ2v) is 6.11. The van der Waals surface area contributed by atoms with Crippen LogP contribution >= 0.6 is 11.8 Å². The number of rotatable bonds is 5. The lowest BCUT2D eigenvalue weighted by Gasteiger charge is -2.19. The standard InChI is InChI=1S/C14H21N3O2S/c1-2-15-13-5-4-12(10-14(13)17(18)19)11-16-6-3-8-20-9-7-16/h4-5,10,15H,2-3,6-9,11H2,1H3. The molecule has 0 atom stereocenters. The Morgan fingerprint density at radius 1 is 1.40 bits per heavy atom. The lowest BCUT2D eigenvalue weighted by molar-refractivity contribution is -0.384. The van der Waals surface area contributed by atoms with E-state index < -0.39 is 0 Å². The highest BCUT2D eigenvalue weighted by molar-refractivity contribution is 7.99. The van der Waals surface area contributed by atoms with E-state index in [9.17, 15) is 10.1 Å². The first-order valence-corrected chi connectivity index (χ1v) is 8.17. The van der Waals surface area contributed by atoms with Crippen LogP contribution in [-0.2, 0) is 6.54 Å². The Kier molecular flexibility index (Phi) is 5.67. The maximum absolute atomic E-state index is 11.1. The molecule has 2 rings (SSSR count).